The van der Waals surface area contributed by atoms with Gasteiger partial charge in [-0.15, -0.1) is 0 Å². The van der Waals surface area contributed by atoms with Crippen LogP contribution in [0, 0.1) is 0 Å². The van der Waals surface area contributed by atoms with Gasteiger partial charge in [-0.05, 0) is 20.8 Å². The zero-order valence-electron chi connectivity index (χ0n) is 9.24. The number of hydrogen-bond donors (Lipinski definition) is 2. The van der Waals surface area contributed by atoms with Crippen LogP contribution in [0.5, 0.6) is 0 Å². The molecule has 0 saturated heterocycles. The van der Waals surface area contributed by atoms with Gasteiger partial charge < -0.3 is 10.6 Å². The number of carbonyl (C=O) groups excluding carboxylic acids is 1. The van der Waals surface area contributed by atoms with Crippen molar-refractivity contribution in [3.63, 3.8) is 0 Å². The number of hydrogen-bond acceptors (Lipinski definition) is 4. The fraction of sp³-hybridized carbons (Fsp3) is 0.500. The summed E-state index contributed by atoms with van der Waals surface area (Å²) in [5.41, 5.74) is 0.338. The zero-order valence-corrected chi connectivity index (χ0v) is 9.24. The van der Waals surface area contributed by atoms with Crippen molar-refractivity contribution in [2.75, 3.05) is 11.9 Å². The van der Waals surface area contributed by atoms with Crippen molar-refractivity contribution in [2.45, 2.75) is 26.8 Å². The molecule has 0 radical (unpaired) electrons. The predicted molar refractivity (Wildman–Crippen MR) is 58.8 cm³/mol. The lowest BCUT2D eigenvalue weighted by molar-refractivity contribution is 0.0937. The first kappa shape index (κ1) is 11.4. The maximum atomic E-state index is 11.5. The van der Waals surface area contributed by atoms with Crippen LogP contribution in [0.2, 0.25) is 0 Å². The van der Waals surface area contributed by atoms with Crippen molar-refractivity contribution in [3.05, 3.63) is 18.1 Å². The Hall–Kier alpha value is -1.65. The molecule has 5 heteroatoms. The summed E-state index contributed by atoms with van der Waals surface area (Å²) in [6.07, 6.45) is 3.02. The molecular weight excluding hydrogens is 192 g/mol. The smallest absolute Gasteiger partial charge is 0.271 e. The fourth-order valence-electron chi connectivity index (χ4n) is 1.05. The van der Waals surface area contributed by atoms with E-state index in [9.17, 15) is 4.79 Å². The van der Waals surface area contributed by atoms with E-state index in [4.69, 9.17) is 0 Å². The van der Waals surface area contributed by atoms with Gasteiger partial charge in [0, 0.05) is 12.6 Å². The number of nitrogens with one attached hydrogen (secondary N) is 2. The largest absolute Gasteiger partial charge is 0.369 e. The lowest BCUT2D eigenvalue weighted by Gasteiger charge is -2.07. The third-order valence-corrected chi connectivity index (χ3v) is 1.66. The van der Waals surface area contributed by atoms with Crippen LogP contribution in [-0.2, 0) is 0 Å². The van der Waals surface area contributed by atoms with Crippen LogP contribution in [-0.4, -0.2) is 28.5 Å². The molecule has 0 fully saturated rings. The molecule has 1 rings (SSSR count). The highest BCUT2D eigenvalue weighted by molar-refractivity contribution is 5.92. The average molecular weight is 208 g/mol. The summed E-state index contributed by atoms with van der Waals surface area (Å²) < 4.78 is 0. The minimum atomic E-state index is -0.194. The number of aromatic nitrogens is 2. The summed E-state index contributed by atoms with van der Waals surface area (Å²) in [7, 11) is 0. The quantitative estimate of drug-likeness (QED) is 0.776. The van der Waals surface area contributed by atoms with Crippen LogP contribution in [0.1, 0.15) is 31.3 Å². The van der Waals surface area contributed by atoms with E-state index in [0.717, 1.165) is 6.54 Å². The lowest BCUT2D eigenvalue weighted by Crippen LogP contribution is -2.30. The fourth-order valence-corrected chi connectivity index (χ4v) is 1.05. The first-order valence-corrected chi connectivity index (χ1v) is 5.00. The molecule has 1 aromatic rings. The SMILES string of the molecule is CCNc1cnc(C(=O)NC(C)C)cn1. The van der Waals surface area contributed by atoms with E-state index < -0.39 is 0 Å². The maximum Gasteiger partial charge on any atom is 0.271 e. The molecule has 0 spiro atoms. The number of anilines is 1. The Balaban J connectivity index is 2.67. The van der Waals surface area contributed by atoms with E-state index in [1.165, 1.54) is 6.20 Å². The van der Waals surface area contributed by atoms with Crippen LogP contribution < -0.4 is 10.6 Å². The van der Waals surface area contributed by atoms with Crippen molar-refractivity contribution in [3.8, 4) is 0 Å². The molecule has 1 aromatic heterocycles. The Bertz CT molecular complexity index is 321. The number of amides is 1. The van der Waals surface area contributed by atoms with Gasteiger partial charge in [-0.2, -0.15) is 0 Å². The average Bonchev–Trinajstić information content (AvgIpc) is 2.18. The second kappa shape index (κ2) is 5.29. The number of nitrogens with zero attached hydrogens (tertiary/aromatic N) is 2. The molecule has 0 aliphatic heterocycles. The second-order valence-electron chi connectivity index (χ2n) is 3.45. The van der Waals surface area contributed by atoms with Crippen LogP contribution in [0.4, 0.5) is 5.82 Å². The standard InChI is InChI=1S/C10H16N4O/c1-4-11-9-6-12-8(5-13-9)10(15)14-7(2)3/h5-7H,4H2,1-3H3,(H,11,13)(H,14,15). The Morgan fingerprint density at radius 2 is 2.13 bits per heavy atom. The third-order valence-electron chi connectivity index (χ3n) is 1.66. The van der Waals surface area contributed by atoms with Gasteiger partial charge in [0.05, 0.1) is 12.4 Å². The highest BCUT2D eigenvalue weighted by atomic mass is 16.1. The zero-order chi connectivity index (χ0) is 11.3. The molecule has 2 N–H and O–H groups in total. The molecule has 1 heterocycles. The monoisotopic (exact) mass is 208 g/mol. The Morgan fingerprint density at radius 1 is 1.40 bits per heavy atom. The van der Waals surface area contributed by atoms with Crippen LogP contribution in [0.15, 0.2) is 12.4 Å². The normalized spacial score (nSPS) is 10.1. The summed E-state index contributed by atoms with van der Waals surface area (Å²) in [4.78, 5) is 19.6. The first-order valence-electron chi connectivity index (χ1n) is 5.00. The topological polar surface area (TPSA) is 66.9 Å². The van der Waals surface area contributed by atoms with Crippen LogP contribution in [0.25, 0.3) is 0 Å². The first-order chi connectivity index (χ1) is 7.13. The van der Waals surface area contributed by atoms with Crippen LogP contribution >= 0.6 is 0 Å². The lowest BCUT2D eigenvalue weighted by atomic mass is 10.3. The minimum absolute atomic E-state index is 0.104. The molecule has 0 unspecified atom stereocenters. The van der Waals surface area contributed by atoms with Crippen molar-refractivity contribution >= 4 is 11.7 Å². The Labute approximate surface area is 89.3 Å². The molecule has 0 aromatic carbocycles. The molecule has 0 saturated carbocycles. The van der Waals surface area contributed by atoms with Gasteiger partial charge in [-0.3, -0.25) is 4.79 Å². The molecule has 1 amide bonds. The highest BCUT2D eigenvalue weighted by Gasteiger charge is 2.08. The minimum Gasteiger partial charge on any atom is -0.369 e. The van der Waals surface area contributed by atoms with Gasteiger partial charge in [0.15, 0.2) is 0 Å². The molecule has 0 bridgehead atoms. The number of rotatable bonds is 4. The highest BCUT2D eigenvalue weighted by Crippen LogP contribution is 2.00. The van der Waals surface area contributed by atoms with Crippen molar-refractivity contribution in [1.29, 1.82) is 0 Å². The van der Waals surface area contributed by atoms with Gasteiger partial charge in [0.25, 0.3) is 5.91 Å². The molecule has 0 aliphatic carbocycles. The summed E-state index contributed by atoms with van der Waals surface area (Å²) in [5, 5.41) is 5.76. The van der Waals surface area contributed by atoms with E-state index in [1.54, 1.807) is 6.20 Å². The number of carbonyl (C=O) groups is 1. The van der Waals surface area contributed by atoms with Crippen molar-refractivity contribution in [2.24, 2.45) is 0 Å². The molecule has 0 aliphatic rings. The molecule has 82 valence electrons. The molecule has 5 nitrogen and oxygen atoms in total. The Morgan fingerprint density at radius 3 is 2.60 bits per heavy atom. The van der Waals surface area contributed by atoms with E-state index in [0.29, 0.717) is 11.5 Å². The summed E-state index contributed by atoms with van der Waals surface area (Å²) in [5.74, 6) is 0.485. The molecule has 15 heavy (non-hydrogen) atoms. The van der Waals surface area contributed by atoms with E-state index >= 15 is 0 Å². The maximum absolute atomic E-state index is 11.5. The van der Waals surface area contributed by atoms with Gasteiger partial charge in [0.2, 0.25) is 0 Å². The summed E-state index contributed by atoms with van der Waals surface area (Å²) >= 11 is 0. The van der Waals surface area contributed by atoms with Gasteiger partial charge in [0.1, 0.15) is 11.5 Å². The van der Waals surface area contributed by atoms with E-state index in [1.807, 2.05) is 20.8 Å². The van der Waals surface area contributed by atoms with Crippen molar-refractivity contribution < 1.29 is 4.79 Å². The molecule has 0 atom stereocenters. The van der Waals surface area contributed by atoms with Crippen LogP contribution in [0.3, 0.4) is 0 Å². The van der Waals surface area contributed by atoms with E-state index in [2.05, 4.69) is 20.6 Å². The van der Waals surface area contributed by atoms with Crippen molar-refractivity contribution in [1.82, 2.24) is 15.3 Å². The third kappa shape index (κ3) is 3.53. The van der Waals surface area contributed by atoms with Gasteiger partial charge >= 0.3 is 0 Å². The molecular formula is C10H16N4O. The van der Waals surface area contributed by atoms with Gasteiger partial charge in [-0.25, -0.2) is 9.97 Å². The van der Waals surface area contributed by atoms with E-state index in [-0.39, 0.29) is 11.9 Å². The van der Waals surface area contributed by atoms with Gasteiger partial charge in [-0.1, -0.05) is 0 Å². The second-order valence-corrected chi connectivity index (χ2v) is 3.45. The summed E-state index contributed by atoms with van der Waals surface area (Å²) in [6.45, 7) is 6.56. The summed E-state index contributed by atoms with van der Waals surface area (Å²) in [6, 6.07) is 0.104. The predicted octanol–water partition coefficient (Wildman–Crippen LogP) is 1.05. The Kier molecular flexibility index (Phi) is 4.03.